The van der Waals surface area contributed by atoms with Crippen LogP contribution in [-0.4, -0.2) is 45.7 Å². The monoisotopic (exact) mass is 416 g/mol. The molecule has 0 bridgehead atoms. The summed E-state index contributed by atoms with van der Waals surface area (Å²) < 4.78 is 28.7. The van der Waals surface area contributed by atoms with Crippen LogP contribution in [0.25, 0.3) is 0 Å². The quantitative estimate of drug-likeness (QED) is 0.779. The third-order valence-electron chi connectivity index (χ3n) is 4.49. The molecular weight excluding hydrogens is 392 g/mol. The first-order chi connectivity index (χ1) is 13.8. The third kappa shape index (κ3) is 5.14. The normalized spacial score (nSPS) is 15.9. The van der Waals surface area contributed by atoms with Gasteiger partial charge in [0.1, 0.15) is 5.75 Å². The number of ether oxygens (including phenoxy) is 1. The zero-order valence-electron chi connectivity index (χ0n) is 16.4. The van der Waals surface area contributed by atoms with Crippen molar-refractivity contribution in [3.63, 3.8) is 0 Å². The molecule has 0 spiro atoms. The van der Waals surface area contributed by atoms with Gasteiger partial charge >= 0.3 is 0 Å². The number of benzene rings is 2. The first-order valence-corrected chi connectivity index (χ1v) is 11.5. The zero-order valence-corrected chi connectivity index (χ0v) is 17.2. The molecule has 1 aliphatic rings. The number of carbonyl (C=O) groups excluding carboxylic acids is 2. The highest BCUT2D eigenvalue weighted by molar-refractivity contribution is 7.89. The summed E-state index contributed by atoms with van der Waals surface area (Å²) in [4.78, 5) is 27.1. The molecule has 0 saturated heterocycles. The van der Waals surface area contributed by atoms with Crippen LogP contribution in [0.1, 0.15) is 29.3 Å². The number of nitrogens with one attached hydrogen (secondary N) is 1. The molecule has 29 heavy (non-hydrogen) atoms. The summed E-state index contributed by atoms with van der Waals surface area (Å²) >= 11 is 0. The van der Waals surface area contributed by atoms with Gasteiger partial charge in [-0.1, -0.05) is 31.2 Å². The van der Waals surface area contributed by atoms with E-state index >= 15 is 0 Å². The second-order valence-corrected chi connectivity index (χ2v) is 9.19. The molecule has 1 N–H and O–H groups in total. The van der Waals surface area contributed by atoms with Crippen LogP contribution >= 0.6 is 0 Å². The molecule has 2 aromatic carbocycles. The number of para-hydroxylation sites is 2. The maximum Gasteiger partial charge on any atom is 0.262 e. The highest BCUT2D eigenvalue weighted by Crippen LogP contribution is 2.34. The van der Waals surface area contributed by atoms with Gasteiger partial charge in [0.25, 0.3) is 11.8 Å². The Morgan fingerprint density at radius 2 is 1.83 bits per heavy atom. The number of fused-ring (bicyclic) bond motifs is 1. The number of anilines is 1. The fourth-order valence-corrected chi connectivity index (χ4v) is 3.93. The SMILES string of the molecule is CCCNC(=O)[C@H]1CN(C(=O)c2ccc(CS(C)(=O)=O)cc2)c2ccccc2O1. The van der Waals surface area contributed by atoms with E-state index in [-0.39, 0.29) is 24.1 Å². The number of carbonyl (C=O) groups is 2. The van der Waals surface area contributed by atoms with Gasteiger partial charge < -0.3 is 15.0 Å². The molecular formula is C21H24N2O5S. The van der Waals surface area contributed by atoms with Crippen LogP contribution in [0.3, 0.4) is 0 Å². The number of hydrogen-bond donors (Lipinski definition) is 1. The van der Waals surface area contributed by atoms with Crippen LogP contribution in [0, 0.1) is 0 Å². The summed E-state index contributed by atoms with van der Waals surface area (Å²) in [5.41, 5.74) is 1.62. The van der Waals surface area contributed by atoms with E-state index in [9.17, 15) is 18.0 Å². The molecule has 154 valence electrons. The summed E-state index contributed by atoms with van der Waals surface area (Å²) in [5, 5.41) is 2.80. The molecule has 0 radical (unpaired) electrons. The molecule has 1 aliphatic heterocycles. The number of hydrogen-bond acceptors (Lipinski definition) is 5. The van der Waals surface area contributed by atoms with Crippen molar-refractivity contribution >= 4 is 27.3 Å². The van der Waals surface area contributed by atoms with E-state index in [0.717, 1.165) is 6.42 Å². The van der Waals surface area contributed by atoms with Crippen LogP contribution in [0.5, 0.6) is 5.75 Å². The number of sulfone groups is 1. The molecule has 0 fully saturated rings. The summed E-state index contributed by atoms with van der Waals surface area (Å²) in [5.74, 6) is -0.151. The second kappa shape index (κ2) is 8.65. The van der Waals surface area contributed by atoms with Gasteiger partial charge in [-0.3, -0.25) is 9.59 Å². The predicted octanol–water partition coefficient (Wildman–Crippen LogP) is 2.17. The van der Waals surface area contributed by atoms with Gasteiger partial charge in [-0.25, -0.2) is 8.42 Å². The van der Waals surface area contributed by atoms with E-state index in [1.807, 2.05) is 6.92 Å². The van der Waals surface area contributed by atoms with Crippen molar-refractivity contribution in [3.05, 3.63) is 59.7 Å². The molecule has 7 nitrogen and oxygen atoms in total. The highest BCUT2D eigenvalue weighted by atomic mass is 32.2. The fourth-order valence-electron chi connectivity index (χ4n) is 3.13. The molecule has 8 heteroatoms. The molecule has 1 heterocycles. The maximum absolute atomic E-state index is 13.2. The Balaban J connectivity index is 1.85. The highest BCUT2D eigenvalue weighted by Gasteiger charge is 2.34. The molecule has 1 atom stereocenters. The predicted molar refractivity (Wildman–Crippen MR) is 111 cm³/mol. The van der Waals surface area contributed by atoms with Gasteiger partial charge in [-0.05, 0) is 36.2 Å². The average molecular weight is 416 g/mol. The van der Waals surface area contributed by atoms with Gasteiger partial charge in [-0.2, -0.15) is 0 Å². The maximum atomic E-state index is 13.2. The topological polar surface area (TPSA) is 92.8 Å². The Kier molecular flexibility index (Phi) is 6.22. The van der Waals surface area contributed by atoms with E-state index < -0.39 is 15.9 Å². The van der Waals surface area contributed by atoms with Crippen molar-refractivity contribution in [1.82, 2.24) is 5.32 Å². The number of amides is 2. The van der Waals surface area contributed by atoms with Crippen molar-refractivity contribution in [2.45, 2.75) is 25.2 Å². The Morgan fingerprint density at radius 3 is 2.48 bits per heavy atom. The lowest BCUT2D eigenvalue weighted by Gasteiger charge is -2.34. The van der Waals surface area contributed by atoms with Crippen LogP contribution < -0.4 is 15.0 Å². The lowest BCUT2D eigenvalue weighted by molar-refractivity contribution is -0.127. The van der Waals surface area contributed by atoms with Gasteiger partial charge in [-0.15, -0.1) is 0 Å². The fraction of sp³-hybridized carbons (Fsp3) is 0.333. The Hall–Kier alpha value is -2.87. The summed E-state index contributed by atoms with van der Waals surface area (Å²) in [6, 6.07) is 13.6. The van der Waals surface area contributed by atoms with Crippen LogP contribution in [-0.2, 0) is 20.4 Å². The Labute approximate surface area is 170 Å². The van der Waals surface area contributed by atoms with Crippen molar-refractivity contribution in [3.8, 4) is 5.75 Å². The second-order valence-electron chi connectivity index (χ2n) is 7.05. The van der Waals surface area contributed by atoms with Crippen LogP contribution in [0.15, 0.2) is 48.5 Å². The van der Waals surface area contributed by atoms with Crippen molar-refractivity contribution < 1.29 is 22.7 Å². The zero-order chi connectivity index (χ0) is 21.0. The van der Waals surface area contributed by atoms with Crippen molar-refractivity contribution in [1.29, 1.82) is 0 Å². The van der Waals surface area contributed by atoms with Gasteiger partial charge in [0, 0.05) is 18.4 Å². The summed E-state index contributed by atoms with van der Waals surface area (Å²) in [7, 11) is -3.15. The first-order valence-electron chi connectivity index (χ1n) is 9.40. The standard InChI is InChI=1S/C21H24N2O5S/c1-3-12-22-20(24)19-13-23(17-6-4-5-7-18(17)28-19)21(25)16-10-8-15(9-11-16)14-29(2,26)27/h4-11,19H,3,12-14H2,1-2H3,(H,22,24)/t19-/m1/s1. The number of nitrogens with zero attached hydrogens (tertiary/aromatic N) is 1. The van der Waals surface area contributed by atoms with Crippen LogP contribution in [0.2, 0.25) is 0 Å². The minimum atomic E-state index is -3.15. The minimum absolute atomic E-state index is 0.0818. The van der Waals surface area contributed by atoms with Crippen molar-refractivity contribution in [2.24, 2.45) is 0 Å². The molecule has 0 aliphatic carbocycles. The molecule has 0 aromatic heterocycles. The lowest BCUT2D eigenvalue weighted by Crippen LogP contribution is -2.50. The average Bonchev–Trinajstić information content (AvgIpc) is 2.70. The van der Waals surface area contributed by atoms with E-state index in [1.165, 1.54) is 11.2 Å². The Bertz CT molecular complexity index is 1000. The smallest absolute Gasteiger partial charge is 0.262 e. The first kappa shape index (κ1) is 20.9. The molecule has 0 saturated carbocycles. The molecule has 3 rings (SSSR count). The van der Waals surface area contributed by atoms with E-state index in [2.05, 4.69) is 5.32 Å². The molecule has 2 aromatic rings. The van der Waals surface area contributed by atoms with Crippen molar-refractivity contribution in [2.75, 3.05) is 24.2 Å². The van der Waals surface area contributed by atoms with Crippen LogP contribution in [0.4, 0.5) is 5.69 Å². The van der Waals surface area contributed by atoms with Gasteiger partial charge in [0.05, 0.1) is 18.0 Å². The van der Waals surface area contributed by atoms with Gasteiger partial charge in [0.15, 0.2) is 15.9 Å². The van der Waals surface area contributed by atoms with E-state index in [0.29, 0.717) is 29.1 Å². The molecule has 0 unspecified atom stereocenters. The summed E-state index contributed by atoms with van der Waals surface area (Å²) in [6.07, 6.45) is 1.17. The van der Waals surface area contributed by atoms with E-state index in [1.54, 1.807) is 48.5 Å². The number of rotatable bonds is 6. The van der Waals surface area contributed by atoms with E-state index in [4.69, 9.17) is 4.74 Å². The third-order valence-corrected chi connectivity index (χ3v) is 5.35. The lowest BCUT2D eigenvalue weighted by atomic mass is 10.1. The molecule has 2 amide bonds. The van der Waals surface area contributed by atoms with Gasteiger partial charge in [0.2, 0.25) is 0 Å². The largest absolute Gasteiger partial charge is 0.477 e. The minimum Gasteiger partial charge on any atom is -0.477 e. The Morgan fingerprint density at radius 1 is 1.14 bits per heavy atom. The summed E-state index contributed by atoms with van der Waals surface area (Å²) in [6.45, 7) is 2.59.